The number of hydrogen-bond donors (Lipinski definition) is 1. The van der Waals surface area contributed by atoms with Gasteiger partial charge < -0.3 is 10.1 Å². The molecule has 3 nitrogen and oxygen atoms in total. The van der Waals surface area contributed by atoms with E-state index in [1.807, 2.05) is 24.3 Å². The van der Waals surface area contributed by atoms with Gasteiger partial charge in [0, 0.05) is 5.69 Å². The van der Waals surface area contributed by atoms with Gasteiger partial charge in [0.25, 0.3) is 0 Å². The fourth-order valence-corrected chi connectivity index (χ4v) is 2.15. The van der Waals surface area contributed by atoms with Crippen molar-refractivity contribution in [3.8, 4) is 5.75 Å². The number of benzene rings is 1. The van der Waals surface area contributed by atoms with Gasteiger partial charge >= 0.3 is 0 Å². The molecule has 1 aliphatic rings. The molecule has 1 N–H and O–H groups in total. The Balaban J connectivity index is 1.90. The zero-order valence-corrected chi connectivity index (χ0v) is 11.2. The number of halogens is 1. The van der Waals surface area contributed by atoms with Crippen LogP contribution >= 0.6 is 15.9 Å². The number of alkyl halides is 1. The van der Waals surface area contributed by atoms with Crippen LogP contribution < -0.4 is 10.1 Å². The summed E-state index contributed by atoms with van der Waals surface area (Å²) in [6, 6.07) is 7.54. The monoisotopic (exact) mass is 297 g/mol. The van der Waals surface area contributed by atoms with Crippen molar-refractivity contribution in [2.45, 2.75) is 31.8 Å². The van der Waals surface area contributed by atoms with E-state index in [1.54, 1.807) is 0 Å². The van der Waals surface area contributed by atoms with Gasteiger partial charge in [-0.2, -0.15) is 0 Å². The van der Waals surface area contributed by atoms with Gasteiger partial charge in [-0.3, -0.25) is 4.79 Å². The first-order chi connectivity index (χ1) is 8.28. The molecule has 0 aromatic heterocycles. The van der Waals surface area contributed by atoms with Crippen LogP contribution in [-0.4, -0.2) is 17.3 Å². The minimum atomic E-state index is -0.0468. The maximum atomic E-state index is 11.2. The summed E-state index contributed by atoms with van der Waals surface area (Å²) in [7, 11) is 0. The lowest BCUT2D eigenvalue weighted by Crippen LogP contribution is -2.13. The highest BCUT2D eigenvalue weighted by Gasteiger charge is 2.16. The Morgan fingerprint density at radius 3 is 2.53 bits per heavy atom. The van der Waals surface area contributed by atoms with E-state index in [1.165, 1.54) is 12.8 Å². The molecule has 1 fully saturated rings. The van der Waals surface area contributed by atoms with E-state index in [9.17, 15) is 4.79 Å². The van der Waals surface area contributed by atoms with Crippen LogP contribution in [0.1, 0.15) is 25.7 Å². The smallest absolute Gasteiger partial charge is 0.235 e. The Morgan fingerprint density at radius 1 is 1.29 bits per heavy atom. The van der Waals surface area contributed by atoms with E-state index in [0.29, 0.717) is 11.4 Å². The van der Waals surface area contributed by atoms with E-state index < -0.39 is 0 Å². The molecule has 4 heteroatoms. The standard InChI is InChI=1S/C13H16BrNO2/c14-9-13(16)15-10-5-7-12(8-6-10)17-11-3-1-2-4-11/h5-8,11H,1-4,9H2,(H,15,16). The SMILES string of the molecule is O=C(CBr)Nc1ccc(OC2CCCC2)cc1. The van der Waals surface area contributed by atoms with Gasteiger partial charge in [-0.05, 0) is 49.9 Å². The van der Waals surface area contributed by atoms with Crippen LogP contribution in [0.3, 0.4) is 0 Å². The number of anilines is 1. The van der Waals surface area contributed by atoms with Crippen LogP contribution in [0.15, 0.2) is 24.3 Å². The first kappa shape index (κ1) is 12.4. The fraction of sp³-hybridized carbons (Fsp3) is 0.462. The molecule has 0 saturated heterocycles. The molecule has 1 aromatic rings. The predicted molar refractivity (Wildman–Crippen MR) is 71.7 cm³/mol. The normalized spacial score (nSPS) is 15.8. The van der Waals surface area contributed by atoms with E-state index in [0.717, 1.165) is 24.3 Å². The molecule has 0 radical (unpaired) electrons. The maximum Gasteiger partial charge on any atom is 0.235 e. The molecule has 0 aliphatic heterocycles. The number of hydrogen-bond acceptors (Lipinski definition) is 2. The summed E-state index contributed by atoms with van der Waals surface area (Å²) < 4.78 is 5.84. The summed E-state index contributed by atoms with van der Waals surface area (Å²) in [4.78, 5) is 11.2. The molecule has 92 valence electrons. The largest absolute Gasteiger partial charge is 0.490 e. The number of carbonyl (C=O) groups excluding carboxylic acids is 1. The van der Waals surface area contributed by atoms with Crippen molar-refractivity contribution in [2.24, 2.45) is 0 Å². The number of nitrogens with one attached hydrogen (secondary N) is 1. The van der Waals surface area contributed by atoms with Gasteiger partial charge in [0.15, 0.2) is 0 Å². The minimum Gasteiger partial charge on any atom is -0.490 e. The van der Waals surface area contributed by atoms with Crippen molar-refractivity contribution in [1.82, 2.24) is 0 Å². The quantitative estimate of drug-likeness (QED) is 0.866. The zero-order chi connectivity index (χ0) is 12.1. The second-order valence-electron chi connectivity index (χ2n) is 4.23. The second kappa shape index (κ2) is 6.05. The molecule has 0 spiro atoms. The van der Waals surface area contributed by atoms with E-state index >= 15 is 0 Å². The highest BCUT2D eigenvalue weighted by Crippen LogP contribution is 2.24. The number of ether oxygens (including phenoxy) is 1. The number of rotatable bonds is 4. The summed E-state index contributed by atoms with van der Waals surface area (Å²) in [5, 5.41) is 3.08. The molecule has 2 rings (SSSR count). The molecule has 1 saturated carbocycles. The zero-order valence-electron chi connectivity index (χ0n) is 9.62. The summed E-state index contributed by atoms with van der Waals surface area (Å²) >= 11 is 3.11. The lowest BCUT2D eigenvalue weighted by Gasteiger charge is -2.13. The molecular formula is C13H16BrNO2. The third kappa shape index (κ3) is 3.73. The highest BCUT2D eigenvalue weighted by atomic mass is 79.9. The molecular weight excluding hydrogens is 282 g/mol. The minimum absolute atomic E-state index is 0.0468. The van der Waals surface area contributed by atoms with Crippen molar-refractivity contribution < 1.29 is 9.53 Å². The Bertz CT molecular complexity index is 372. The fourth-order valence-electron chi connectivity index (χ4n) is 2.01. The van der Waals surface area contributed by atoms with Gasteiger partial charge in [-0.15, -0.1) is 0 Å². The third-order valence-corrected chi connectivity index (χ3v) is 3.37. The summed E-state index contributed by atoms with van der Waals surface area (Å²) in [6.45, 7) is 0. The number of amides is 1. The Labute approximate surface area is 110 Å². The van der Waals surface area contributed by atoms with Crippen LogP contribution in [-0.2, 0) is 4.79 Å². The van der Waals surface area contributed by atoms with Crippen LogP contribution in [0.4, 0.5) is 5.69 Å². The van der Waals surface area contributed by atoms with Gasteiger partial charge in [0.2, 0.25) is 5.91 Å². The van der Waals surface area contributed by atoms with Gasteiger partial charge in [0.1, 0.15) is 5.75 Å². The average Bonchev–Trinajstić information content (AvgIpc) is 2.84. The van der Waals surface area contributed by atoms with Crippen LogP contribution in [0, 0.1) is 0 Å². The van der Waals surface area contributed by atoms with Crippen molar-refractivity contribution in [2.75, 3.05) is 10.6 Å². The summed E-state index contributed by atoms with van der Waals surface area (Å²) in [6.07, 6.45) is 5.22. The van der Waals surface area contributed by atoms with Crippen LogP contribution in [0.2, 0.25) is 0 Å². The summed E-state index contributed by atoms with van der Waals surface area (Å²) in [5.41, 5.74) is 0.799. The second-order valence-corrected chi connectivity index (χ2v) is 4.79. The number of carbonyl (C=O) groups is 1. The van der Waals surface area contributed by atoms with E-state index in [2.05, 4.69) is 21.2 Å². The van der Waals surface area contributed by atoms with Gasteiger partial charge in [-0.25, -0.2) is 0 Å². The lowest BCUT2D eigenvalue weighted by atomic mass is 10.2. The van der Waals surface area contributed by atoms with Crippen LogP contribution in [0.5, 0.6) is 5.75 Å². The Hall–Kier alpha value is -1.03. The molecule has 1 aromatic carbocycles. The first-order valence-electron chi connectivity index (χ1n) is 5.90. The summed E-state index contributed by atoms with van der Waals surface area (Å²) in [5.74, 6) is 0.836. The molecule has 17 heavy (non-hydrogen) atoms. The van der Waals surface area contributed by atoms with Gasteiger partial charge in [0.05, 0.1) is 11.4 Å². The Kier molecular flexibility index (Phi) is 4.42. The van der Waals surface area contributed by atoms with Crippen molar-refractivity contribution >= 4 is 27.5 Å². The van der Waals surface area contributed by atoms with Crippen molar-refractivity contribution in [3.05, 3.63) is 24.3 Å². The Morgan fingerprint density at radius 2 is 1.94 bits per heavy atom. The molecule has 0 unspecified atom stereocenters. The molecule has 1 amide bonds. The highest BCUT2D eigenvalue weighted by molar-refractivity contribution is 9.09. The van der Waals surface area contributed by atoms with Crippen molar-refractivity contribution in [3.63, 3.8) is 0 Å². The lowest BCUT2D eigenvalue weighted by molar-refractivity contribution is -0.113. The van der Waals surface area contributed by atoms with Gasteiger partial charge in [-0.1, -0.05) is 15.9 Å². The average molecular weight is 298 g/mol. The first-order valence-corrected chi connectivity index (χ1v) is 7.02. The maximum absolute atomic E-state index is 11.2. The predicted octanol–water partition coefficient (Wildman–Crippen LogP) is 3.34. The molecule has 0 bridgehead atoms. The van der Waals surface area contributed by atoms with E-state index in [4.69, 9.17) is 4.74 Å². The molecule has 0 heterocycles. The van der Waals surface area contributed by atoms with Crippen molar-refractivity contribution in [1.29, 1.82) is 0 Å². The third-order valence-electron chi connectivity index (χ3n) is 2.86. The van der Waals surface area contributed by atoms with Crippen LogP contribution in [0.25, 0.3) is 0 Å². The molecule has 0 atom stereocenters. The molecule has 1 aliphatic carbocycles. The topological polar surface area (TPSA) is 38.3 Å². The van der Waals surface area contributed by atoms with E-state index in [-0.39, 0.29) is 5.91 Å².